The van der Waals surface area contributed by atoms with Gasteiger partial charge in [0.15, 0.2) is 0 Å². The lowest BCUT2D eigenvalue weighted by Crippen LogP contribution is -2.49. The Hall–Kier alpha value is -1.94. The van der Waals surface area contributed by atoms with Gasteiger partial charge >= 0.3 is 0 Å². The molecule has 0 amide bonds. The topological polar surface area (TPSA) is 72.9 Å². The van der Waals surface area contributed by atoms with Crippen molar-refractivity contribution in [3.05, 3.63) is 41.2 Å². The maximum atomic E-state index is 12.9. The molecule has 2 saturated heterocycles. The number of piperazine rings is 2. The molecule has 2 aliphatic heterocycles. The van der Waals surface area contributed by atoms with Gasteiger partial charge in [-0.15, -0.1) is 0 Å². The van der Waals surface area contributed by atoms with E-state index < -0.39 is 10.0 Å². The minimum Gasteiger partial charge on any atom is -0.354 e. The summed E-state index contributed by atoms with van der Waals surface area (Å²) in [5.74, 6) is 2.53. The van der Waals surface area contributed by atoms with Gasteiger partial charge < -0.3 is 14.7 Å². The van der Waals surface area contributed by atoms with Crippen molar-refractivity contribution in [2.24, 2.45) is 0 Å². The zero-order valence-corrected chi connectivity index (χ0v) is 18.9. The van der Waals surface area contributed by atoms with Gasteiger partial charge in [0.25, 0.3) is 0 Å². The first-order chi connectivity index (χ1) is 14.3. The average Bonchev–Trinajstić information content (AvgIpc) is 2.74. The Morgan fingerprint density at radius 1 is 0.867 bits per heavy atom. The molecular weight excluding hydrogens is 424 g/mol. The molecular formula is C20H27ClN6O2S. The molecule has 0 saturated carbocycles. The molecule has 0 unspecified atom stereocenters. The van der Waals surface area contributed by atoms with E-state index >= 15 is 0 Å². The largest absolute Gasteiger partial charge is 0.354 e. The summed E-state index contributed by atoms with van der Waals surface area (Å²) in [7, 11) is -1.42. The van der Waals surface area contributed by atoms with Crippen molar-refractivity contribution >= 4 is 33.3 Å². The Kier molecular flexibility index (Phi) is 6.15. The Morgan fingerprint density at radius 2 is 1.43 bits per heavy atom. The van der Waals surface area contributed by atoms with Crippen LogP contribution in [0.1, 0.15) is 5.82 Å². The van der Waals surface area contributed by atoms with Crippen LogP contribution in [-0.2, 0) is 10.0 Å². The third-order valence-corrected chi connectivity index (χ3v) is 7.76. The van der Waals surface area contributed by atoms with Crippen LogP contribution in [0.2, 0.25) is 5.02 Å². The van der Waals surface area contributed by atoms with Gasteiger partial charge in [0.05, 0.1) is 4.90 Å². The molecule has 0 atom stereocenters. The summed E-state index contributed by atoms with van der Waals surface area (Å²) in [5.41, 5.74) is 0. The number of anilines is 2. The fourth-order valence-electron chi connectivity index (χ4n) is 3.83. The Labute approximate surface area is 183 Å². The van der Waals surface area contributed by atoms with Crippen LogP contribution >= 0.6 is 11.6 Å². The highest BCUT2D eigenvalue weighted by molar-refractivity contribution is 7.89. The molecule has 0 spiro atoms. The monoisotopic (exact) mass is 450 g/mol. The second-order valence-electron chi connectivity index (χ2n) is 7.77. The third kappa shape index (κ3) is 4.54. The molecule has 0 bridgehead atoms. The van der Waals surface area contributed by atoms with Crippen LogP contribution in [0.15, 0.2) is 35.2 Å². The summed E-state index contributed by atoms with van der Waals surface area (Å²) >= 11 is 5.98. The highest BCUT2D eigenvalue weighted by atomic mass is 35.5. The molecule has 0 radical (unpaired) electrons. The number of nitrogens with zero attached hydrogens (tertiary/aromatic N) is 6. The van der Waals surface area contributed by atoms with Crippen LogP contribution in [0.3, 0.4) is 0 Å². The Morgan fingerprint density at radius 3 is 2.00 bits per heavy atom. The fraction of sp³-hybridized carbons (Fsp3) is 0.500. The molecule has 4 rings (SSSR count). The summed E-state index contributed by atoms with van der Waals surface area (Å²) in [6.45, 7) is 7.79. The van der Waals surface area contributed by atoms with Gasteiger partial charge in [-0.1, -0.05) is 17.7 Å². The number of rotatable bonds is 4. The van der Waals surface area contributed by atoms with Gasteiger partial charge in [0.1, 0.15) is 17.5 Å². The van der Waals surface area contributed by atoms with Gasteiger partial charge in [0, 0.05) is 63.4 Å². The predicted molar refractivity (Wildman–Crippen MR) is 119 cm³/mol. The molecule has 0 aliphatic carbocycles. The molecule has 3 heterocycles. The van der Waals surface area contributed by atoms with Crippen LogP contribution in [0.5, 0.6) is 0 Å². The van der Waals surface area contributed by atoms with Gasteiger partial charge in [-0.25, -0.2) is 18.4 Å². The van der Waals surface area contributed by atoms with Crippen molar-refractivity contribution < 1.29 is 8.42 Å². The summed E-state index contributed by atoms with van der Waals surface area (Å²) < 4.78 is 27.4. The maximum absolute atomic E-state index is 12.9. The minimum absolute atomic E-state index is 0.235. The molecule has 0 N–H and O–H groups in total. The summed E-state index contributed by atoms with van der Waals surface area (Å²) in [6.07, 6.45) is 0. The van der Waals surface area contributed by atoms with E-state index in [4.69, 9.17) is 11.6 Å². The zero-order chi connectivity index (χ0) is 21.3. The number of hydrogen-bond donors (Lipinski definition) is 0. The van der Waals surface area contributed by atoms with Crippen LogP contribution in [0, 0.1) is 6.92 Å². The lowest BCUT2D eigenvalue weighted by molar-refractivity contribution is 0.312. The van der Waals surface area contributed by atoms with Crippen LogP contribution < -0.4 is 9.80 Å². The second-order valence-corrected chi connectivity index (χ2v) is 10.1. The van der Waals surface area contributed by atoms with E-state index in [1.165, 1.54) is 10.4 Å². The Balaban J connectivity index is 1.46. The summed E-state index contributed by atoms with van der Waals surface area (Å²) in [4.78, 5) is 16.2. The van der Waals surface area contributed by atoms with Crippen molar-refractivity contribution in [3.63, 3.8) is 0 Å². The van der Waals surface area contributed by atoms with Crippen molar-refractivity contribution in [2.75, 3.05) is 69.2 Å². The predicted octanol–water partition coefficient (Wildman–Crippen LogP) is 1.70. The normalized spacial score (nSPS) is 19.3. The zero-order valence-electron chi connectivity index (χ0n) is 17.3. The number of halogens is 1. The number of benzene rings is 1. The van der Waals surface area contributed by atoms with Gasteiger partial charge in [-0.2, -0.15) is 4.31 Å². The molecule has 8 nitrogen and oxygen atoms in total. The van der Waals surface area contributed by atoms with Crippen molar-refractivity contribution in [2.45, 2.75) is 11.8 Å². The lowest BCUT2D eigenvalue weighted by Gasteiger charge is -2.36. The molecule has 30 heavy (non-hydrogen) atoms. The standard InChI is InChI=1S/C20H27ClN6O2S/c1-16-22-19(25-8-6-24(2)7-9-25)15-20(23-16)26-10-12-27(13-11-26)30(28,29)18-5-3-4-17(21)14-18/h3-5,14-15H,6-13H2,1-2H3. The first-order valence-electron chi connectivity index (χ1n) is 10.1. The van der Waals surface area contributed by atoms with E-state index in [0.717, 1.165) is 43.6 Å². The number of hydrogen-bond acceptors (Lipinski definition) is 7. The lowest BCUT2D eigenvalue weighted by atomic mass is 10.3. The van der Waals surface area contributed by atoms with E-state index in [1.54, 1.807) is 18.2 Å². The first-order valence-corrected chi connectivity index (χ1v) is 11.9. The number of aryl methyl sites for hydroxylation is 1. The highest BCUT2D eigenvalue weighted by Gasteiger charge is 2.29. The van der Waals surface area contributed by atoms with E-state index in [1.807, 2.05) is 13.0 Å². The number of likely N-dealkylation sites (N-methyl/N-ethyl adjacent to an activating group) is 1. The minimum atomic E-state index is -3.55. The number of aromatic nitrogens is 2. The number of sulfonamides is 1. The maximum Gasteiger partial charge on any atom is 0.243 e. The quantitative estimate of drug-likeness (QED) is 0.701. The molecule has 2 aromatic rings. The summed E-state index contributed by atoms with van der Waals surface area (Å²) in [6, 6.07) is 8.45. The Bertz CT molecular complexity index is 1000. The van der Waals surface area contributed by atoms with Gasteiger partial charge in [-0.3, -0.25) is 0 Å². The third-order valence-electron chi connectivity index (χ3n) is 5.63. The first kappa shape index (κ1) is 21.3. The van der Waals surface area contributed by atoms with Crippen LogP contribution in [0.4, 0.5) is 11.6 Å². The smallest absolute Gasteiger partial charge is 0.243 e. The average molecular weight is 451 g/mol. The highest BCUT2D eigenvalue weighted by Crippen LogP contribution is 2.24. The molecule has 162 valence electrons. The van der Waals surface area contributed by atoms with E-state index in [9.17, 15) is 8.42 Å². The SMILES string of the molecule is Cc1nc(N2CCN(C)CC2)cc(N2CCN(S(=O)(=O)c3cccc(Cl)c3)CC2)n1. The van der Waals surface area contributed by atoms with Crippen molar-refractivity contribution in [1.29, 1.82) is 0 Å². The van der Waals surface area contributed by atoms with Crippen molar-refractivity contribution in [1.82, 2.24) is 19.2 Å². The second kappa shape index (κ2) is 8.66. The van der Waals surface area contributed by atoms with Gasteiger partial charge in [0.2, 0.25) is 10.0 Å². The molecule has 1 aromatic carbocycles. The van der Waals surface area contributed by atoms with Crippen LogP contribution in [0.25, 0.3) is 0 Å². The van der Waals surface area contributed by atoms with E-state index in [2.05, 4.69) is 31.7 Å². The molecule has 10 heteroatoms. The fourth-order valence-corrected chi connectivity index (χ4v) is 5.55. The van der Waals surface area contributed by atoms with Crippen molar-refractivity contribution in [3.8, 4) is 0 Å². The van der Waals surface area contributed by atoms with E-state index in [-0.39, 0.29) is 4.90 Å². The van der Waals surface area contributed by atoms with E-state index in [0.29, 0.717) is 31.2 Å². The van der Waals surface area contributed by atoms with Gasteiger partial charge in [-0.05, 0) is 32.2 Å². The molecule has 2 fully saturated rings. The molecule has 1 aromatic heterocycles. The summed E-state index contributed by atoms with van der Waals surface area (Å²) in [5, 5.41) is 0.419. The van der Waals surface area contributed by atoms with Crippen LogP contribution in [-0.4, -0.2) is 87.0 Å². The molecule has 2 aliphatic rings.